The van der Waals surface area contributed by atoms with Crippen molar-refractivity contribution in [2.45, 2.75) is 19.2 Å². The summed E-state index contributed by atoms with van der Waals surface area (Å²) in [5.41, 5.74) is 2.33. The molecule has 9 heavy (non-hydrogen) atoms. The van der Waals surface area contributed by atoms with E-state index in [1.807, 2.05) is 20.0 Å². The van der Waals surface area contributed by atoms with E-state index >= 15 is 0 Å². The Labute approximate surface area is 60.0 Å². The second kappa shape index (κ2) is 2.44. The Balaban J connectivity index is 2.85. The number of halogens is 1. The van der Waals surface area contributed by atoms with E-state index in [0.29, 0.717) is 0 Å². The van der Waals surface area contributed by atoms with E-state index in [0.717, 1.165) is 11.3 Å². The van der Waals surface area contributed by atoms with Crippen LogP contribution in [0.15, 0.2) is 12.3 Å². The average Bonchev–Trinajstić information content (AvgIpc) is 2.14. The van der Waals surface area contributed by atoms with E-state index in [1.165, 1.54) is 0 Å². The minimum absolute atomic E-state index is 0.120. The molecule has 0 amide bonds. The molecule has 0 spiro atoms. The molecule has 0 fully saturated rings. The smallest absolute Gasteiger partial charge is 0.0572 e. The van der Waals surface area contributed by atoms with Gasteiger partial charge < -0.3 is 4.98 Å². The second-order valence-corrected chi connectivity index (χ2v) is 2.89. The average molecular weight is 144 g/mol. The SMILES string of the molecule is Cc1cc(C(C)Cl)c[nH]1. The molecule has 1 rings (SSSR count). The molecule has 0 aliphatic heterocycles. The first-order chi connectivity index (χ1) is 4.20. The largest absolute Gasteiger partial charge is 0.365 e. The molecule has 1 atom stereocenters. The summed E-state index contributed by atoms with van der Waals surface area (Å²) in [5.74, 6) is 0. The van der Waals surface area contributed by atoms with Crippen LogP contribution in [0.5, 0.6) is 0 Å². The summed E-state index contributed by atoms with van der Waals surface area (Å²) in [6.07, 6.45) is 1.94. The predicted octanol–water partition coefficient (Wildman–Crippen LogP) is 2.62. The first-order valence-electron chi connectivity index (χ1n) is 2.99. The number of nitrogens with one attached hydrogen (secondary N) is 1. The first kappa shape index (κ1) is 6.69. The molecule has 0 saturated heterocycles. The number of aryl methyl sites for hydroxylation is 1. The van der Waals surface area contributed by atoms with Gasteiger partial charge in [-0.25, -0.2) is 0 Å². The molecule has 0 aliphatic carbocycles. The quantitative estimate of drug-likeness (QED) is 0.582. The molecule has 2 heteroatoms. The molecular formula is C7H10ClN. The fraction of sp³-hybridized carbons (Fsp3) is 0.429. The second-order valence-electron chi connectivity index (χ2n) is 2.23. The van der Waals surface area contributed by atoms with Gasteiger partial charge in [0, 0.05) is 11.9 Å². The Kier molecular flexibility index (Phi) is 1.81. The van der Waals surface area contributed by atoms with Gasteiger partial charge in [0.1, 0.15) is 0 Å². The Morgan fingerprint density at radius 2 is 2.33 bits per heavy atom. The van der Waals surface area contributed by atoms with Crippen LogP contribution in [0.1, 0.15) is 23.6 Å². The lowest BCUT2D eigenvalue weighted by molar-refractivity contribution is 1.09. The monoisotopic (exact) mass is 143 g/mol. The number of hydrogen-bond acceptors (Lipinski definition) is 0. The Hall–Kier alpha value is -0.430. The van der Waals surface area contributed by atoms with Gasteiger partial charge in [0.25, 0.3) is 0 Å². The molecule has 1 unspecified atom stereocenters. The van der Waals surface area contributed by atoms with Gasteiger partial charge in [-0.05, 0) is 25.5 Å². The van der Waals surface area contributed by atoms with Gasteiger partial charge in [0.2, 0.25) is 0 Å². The van der Waals surface area contributed by atoms with Crippen molar-refractivity contribution in [2.75, 3.05) is 0 Å². The van der Waals surface area contributed by atoms with Crippen molar-refractivity contribution >= 4 is 11.6 Å². The molecule has 0 bridgehead atoms. The van der Waals surface area contributed by atoms with Gasteiger partial charge in [-0.15, -0.1) is 11.6 Å². The van der Waals surface area contributed by atoms with Gasteiger partial charge in [0.05, 0.1) is 5.38 Å². The number of hydrogen-bond donors (Lipinski definition) is 1. The maximum Gasteiger partial charge on any atom is 0.0572 e. The van der Waals surface area contributed by atoms with E-state index in [1.54, 1.807) is 0 Å². The third kappa shape index (κ3) is 1.49. The summed E-state index contributed by atoms with van der Waals surface area (Å²) < 4.78 is 0. The zero-order chi connectivity index (χ0) is 6.85. The minimum atomic E-state index is 0.120. The predicted molar refractivity (Wildman–Crippen MR) is 39.8 cm³/mol. The van der Waals surface area contributed by atoms with Crippen LogP contribution in [0.2, 0.25) is 0 Å². The summed E-state index contributed by atoms with van der Waals surface area (Å²) in [4.78, 5) is 3.07. The summed E-state index contributed by atoms with van der Waals surface area (Å²) in [6, 6.07) is 2.05. The maximum atomic E-state index is 5.80. The molecule has 0 aliphatic rings. The third-order valence-corrected chi connectivity index (χ3v) is 1.56. The van der Waals surface area contributed by atoms with Crippen molar-refractivity contribution < 1.29 is 0 Å². The molecule has 0 radical (unpaired) electrons. The topological polar surface area (TPSA) is 15.8 Å². The van der Waals surface area contributed by atoms with Crippen LogP contribution in [0, 0.1) is 6.92 Å². The number of aromatic nitrogens is 1. The van der Waals surface area contributed by atoms with Gasteiger partial charge in [-0.3, -0.25) is 0 Å². The number of H-pyrrole nitrogens is 1. The van der Waals surface area contributed by atoms with Crippen LogP contribution in [-0.2, 0) is 0 Å². The molecule has 1 aromatic rings. The summed E-state index contributed by atoms with van der Waals surface area (Å²) in [5, 5.41) is 0.120. The molecule has 1 aromatic heterocycles. The lowest BCUT2D eigenvalue weighted by Gasteiger charge is -1.93. The Morgan fingerprint density at radius 1 is 1.67 bits per heavy atom. The van der Waals surface area contributed by atoms with Crippen LogP contribution in [0.25, 0.3) is 0 Å². The van der Waals surface area contributed by atoms with Gasteiger partial charge in [-0.1, -0.05) is 0 Å². The minimum Gasteiger partial charge on any atom is -0.365 e. The van der Waals surface area contributed by atoms with Crippen molar-refractivity contribution in [3.8, 4) is 0 Å². The van der Waals surface area contributed by atoms with E-state index in [2.05, 4.69) is 11.1 Å². The summed E-state index contributed by atoms with van der Waals surface area (Å²) in [7, 11) is 0. The molecule has 1 nitrogen and oxygen atoms in total. The van der Waals surface area contributed by atoms with E-state index in [9.17, 15) is 0 Å². The highest BCUT2D eigenvalue weighted by Gasteiger charge is 2.00. The van der Waals surface area contributed by atoms with Crippen LogP contribution >= 0.6 is 11.6 Å². The molecular weight excluding hydrogens is 134 g/mol. The maximum absolute atomic E-state index is 5.80. The summed E-state index contributed by atoms with van der Waals surface area (Å²) >= 11 is 5.80. The van der Waals surface area contributed by atoms with Crippen LogP contribution in [0.3, 0.4) is 0 Å². The molecule has 50 valence electrons. The van der Waals surface area contributed by atoms with Crippen molar-refractivity contribution in [2.24, 2.45) is 0 Å². The van der Waals surface area contributed by atoms with E-state index in [-0.39, 0.29) is 5.38 Å². The van der Waals surface area contributed by atoms with Crippen molar-refractivity contribution in [3.63, 3.8) is 0 Å². The normalized spacial score (nSPS) is 13.7. The van der Waals surface area contributed by atoms with E-state index < -0.39 is 0 Å². The highest BCUT2D eigenvalue weighted by Crippen LogP contribution is 2.18. The zero-order valence-electron chi connectivity index (χ0n) is 5.61. The van der Waals surface area contributed by atoms with Crippen molar-refractivity contribution in [1.29, 1.82) is 0 Å². The lowest BCUT2D eigenvalue weighted by atomic mass is 10.2. The number of aromatic amines is 1. The van der Waals surface area contributed by atoms with Crippen LogP contribution < -0.4 is 0 Å². The van der Waals surface area contributed by atoms with Gasteiger partial charge in [0.15, 0.2) is 0 Å². The Morgan fingerprint density at radius 3 is 2.56 bits per heavy atom. The molecule has 0 aromatic carbocycles. The van der Waals surface area contributed by atoms with Gasteiger partial charge in [-0.2, -0.15) is 0 Å². The molecule has 1 heterocycles. The first-order valence-corrected chi connectivity index (χ1v) is 3.43. The third-order valence-electron chi connectivity index (χ3n) is 1.31. The van der Waals surface area contributed by atoms with Gasteiger partial charge >= 0.3 is 0 Å². The fourth-order valence-corrected chi connectivity index (χ4v) is 0.886. The number of alkyl halides is 1. The fourth-order valence-electron chi connectivity index (χ4n) is 0.760. The van der Waals surface area contributed by atoms with Crippen molar-refractivity contribution in [1.82, 2.24) is 4.98 Å². The van der Waals surface area contributed by atoms with Crippen molar-refractivity contribution in [3.05, 3.63) is 23.5 Å². The zero-order valence-corrected chi connectivity index (χ0v) is 6.37. The molecule has 0 saturated carbocycles. The standard InChI is InChI=1S/C7H10ClN/c1-5-3-7(4-9-5)6(2)8/h3-4,6,9H,1-2H3. The van der Waals surface area contributed by atoms with Crippen LogP contribution in [0.4, 0.5) is 0 Å². The summed E-state index contributed by atoms with van der Waals surface area (Å²) in [6.45, 7) is 3.98. The Bertz CT molecular complexity index is 191. The lowest BCUT2D eigenvalue weighted by Crippen LogP contribution is -1.75. The highest BCUT2D eigenvalue weighted by atomic mass is 35.5. The highest BCUT2D eigenvalue weighted by molar-refractivity contribution is 6.20. The number of rotatable bonds is 1. The van der Waals surface area contributed by atoms with Crippen LogP contribution in [-0.4, -0.2) is 4.98 Å². The van der Waals surface area contributed by atoms with E-state index in [4.69, 9.17) is 11.6 Å². The molecule has 1 N–H and O–H groups in total.